The van der Waals surface area contributed by atoms with Gasteiger partial charge in [0.1, 0.15) is 11.7 Å². The van der Waals surface area contributed by atoms with Gasteiger partial charge in [-0.1, -0.05) is 38.2 Å². The van der Waals surface area contributed by atoms with E-state index in [1.165, 1.54) is 32.1 Å². The second kappa shape index (κ2) is 12.7. The van der Waals surface area contributed by atoms with E-state index in [1.807, 2.05) is 32.0 Å². The van der Waals surface area contributed by atoms with Crippen molar-refractivity contribution < 1.29 is 28.2 Å². The maximum absolute atomic E-state index is 13.2. The van der Waals surface area contributed by atoms with E-state index in [4.69, 9.17) is 18.6 Å². The van der Waals surface area contributed by atoms with Crippen LogP contribution in [-0.4, -0.2) is 56.9 Å². The van der Waals surface area contributed by atoms with Crippen LogP contribution in [0, 0.1) is 11.8 Å². The highest BCUT2D eigenvalue weighted by molar-refractivity contribution is 5.93. The van der Waals surface area contributed by atoms with Crippen LogP contribution < -0.4 is 5.32 Å². The summed E-state index contributed by atoms with van der Waals surface area (Å²) < 4.78 is 22.1. The zero-order chi connectivity index (χ0) is 24.6. The zero-order valence-electron chi connectivity index (χ0n) is 21.1. The Morgan fingerprint density at radius 2 is 1.77 bits per heavy atom. The fraction of sp³-hybridized carbons (Fsp3) is 0.643. The van der Waals surface area contributed by atoms with E-state index < -0.39 is 12.1 Å². The Morgan fingerprint density at radius 3 is 2.49 bits per heavy atom. The number of ether oxygens (including phenoxy) is 3. The van der Waals surface area contributed by atoms with Crippen LogP contribution in [-0.2, 0) is 25.4 Å². The minimum atomic E-state index is -0.547. The van der Waals surface area contributed by atoms with Gasteiger partial charge < -0.3 is 23.9 Å². The minimum Gasteiger partial charge on any atom is -0.452 e. The van der Waals surface area contributed by atoms with Crippen molar-refractivity contribution >= 4 is 22.7 Å². The van der Waals surface area contributed by atoms with Crippen molar-refractivity contribution in [2.75, 3.05) is 33.0 Å². The zero-order valence-corrected chi connectivity index (χ0v) is 21.1. The van der Waals surface area contributed by atoms with Crippen molar-refractivity contribution in [1.29, 1.82) is 0 Å². The Morgan fingerprint density at radius 1 is 1.03 bits per heavy atom. The van der Waals surface area contributed by atoms with Crippen LogP contribution in [0.25, 0.3) is 11.0 Å². The summed E-state index contributed by atoms with van der Waals surface area (Å²) in [6, 6.07) is 7.32. The number of Topliss-reactive ketones (excluding diaryl/α,β-unsaturated/α-hetero) is 1. The third kappa shape index (κ3) is 6.72. The van der Waals surface area contributed by atoms with Gasteiger partial charge in [0.05, 0.1) is 19.3 Å². The molecule has 4 rings (SSSR count). The Balaban J connectivity index is 1.39. The van der Waals surface area contributed by atoms with E-state index in [0.29, 0.717) is 37.1 Å². The summed E-state index contributed by atoms with van der Waals surface area (Å²) in [5.74, 6) is 0.982. The maximum Gasteiger partial charge on any atom is 0.374 e. The summed E-state index contributed by atoms with van der Waals surface area (Å²) in [6.45, 7) is 6.31. The topological polar surface area (TPSA) is 87.0 Å². The van der Waals surface area contributed by atoms with Crippen molar-refractivity contribution in [3.05, 3.63) is 35.6 Å². The van der Waals surface area contributed by atoms with Crippen molar-refractivity contribution in [2.45, 2.75) is 70.9 Å². The molecule has 2 aromatic rings. The largest absolute Gasteiger partial charge is 0.452 e. The van der Waals surface area contributed by atoms with Crippen LogP contribution in [0.5, 0.6) is 0 Å². The quantitative estimate of drug-likeness (QED) is 0.436. The Bertz CT molecular complexity index is 971. The van der Waals surface area contributed by atoms with Crippen LogP contribution in [0.3, 0.4) is 0 Å². The summed E-state index contributed by atoms with van der Waals surface area (Å²) in [7, 11) is 0. The van der Waals surface area contributed by atoms with E-state index in [-0.39, 0.29) is 30.8 Å². The Kier molecular flexibility index (Phi) is 9.35. The maximum atomic E-state index is 13.2. The van der Waals surface area contributed by atoms with Crippen LogP contribution in [0.4, 0.5) is 0 Å². The monoisotopic (exact) mass is 485 g/mol. The standard InChI is InChI=1S/C28H39NO6/c1-3-32-17-22(18-33-4-2)34-28(31)26-16-21-14-19(10-11-25(21)35-26)15-24(30)27-23(12-13-29-27)20-8-6-5-7-9-20/h10-11,14,16,20,22-23,27,29H,3-9,12-13,15,17-18H2,1-2H3/t23-,27-/m0/s1. The van der Waals surface area contributed by atoms with Gasteiger partial charge in [-0.25, -0.2) is 4.79 Å². The highest BCUT2D eigenvalue weighted by atomic mass is 16.6. The van der Waals surface area contributed by atoms with E-state index in [9.17, 15) is 9.59 Å². The summed E-state index contributed by atoms with van der Waals surface area (Å²) in [4.78, 5) is 25.9. The number of esters is 1. The molecule has 1 N–H and O–H groups in total. The lowest BCUT2D eigenvalue weighted by atomic mass is 9.75. The van der Waals surface area contributed by atoms with Gasteiger partial charge in [-0.2, -0.15) is 0 Å². The number of ketones is 1. The van der Waals surface area contributed by atoms with Crippen molar-refractivity contribution in [3.63, 3.8) is 0 Å². The molecule has 1 aromatic heterocycles. The highest BCUT2D eigenvalue weighted by Gasteiger charge is 2.37. The summed E-state index contributed by atoms with van der Waals surface area (Å²) in [5.41, 5.74) is 1.53. The second-order valence-electron chi connectivity index (χ2n) is 9.75. The number of carbonyl (C=O) groups is 2. The molecule has 7 nitrogen and oxygen atoms in total. The van der Waals surface area contributed by atoms with Crippen LogP contribution >= 0.6 is 0 Å². The first-order valence-corrected chi connectivity index (χ1v) is 13.2. The predicted molar refractivity (Wildman–Crippen MR) is 134 cm³/mol. The number of nitrogens with one attached hydrogen (secondary N) is 1. The van der Waals surface area contributed by atoms with Crippen LogP contribution in [0.2, 0.25) is 0 Å². The third-order valence-corrected chi connectivity index (χ3v) is 7.32. The van der Waals surface area contributed by atoms with Crippen LogP contribution in [0.15, 0.2) is 28.7 Å². The lowest BCUT2D eigenvalue weighted by Crippen LogP contribution is -2.40. The number of hydrogen-bond donors (Lipinski definition) is 1. The number of hydrogen-bond acceptors (Lipinski definition) is 7. The lowest BCUT2D eigenvalue weighted by molar-refractivity contribution is -0.121. The predicted octanol–water partition coefficient (Wildman–Crippen LogP) is 4.70. The second-order valence-corrected chi connectivity index (χ2v) is 9.75. The fourth-order valence-electron chi connectivity index (χ4n) is 5.59. The molecule has 1 aliphatic heterocycles. The minimum absolute atomic E-state index is 0.0451. The molecule has 1 aromatic carbocycles. The van der Waals surface area contributed by atoms with Gasteiger partial charge in [-0.05, 0) is 62.4 Å². The number of benzene rings is 1. The molecule has 192 valence electrons. The lowest BCUT2D eigenvalue weighted by Gasteiger charge is -2.30. The number of fused-ring (bicyclic) bond motifs is 1. The molecule has 0 unspecified atom stereocenters. The molecule has 1 saturated carbocycles. The van der Waals surface area contributed by atoms with Crippen molar-refractivity contribution in [2.24, 2.45) is 11.8 Å². The van der Waals surface area contributed by atoms with Gasteiger partial charge in [-0.3, -0.25) is 4.79 Å². The van der Waals surface area contributed by atoms with Crippen molar-refractivity contribution in [3.8, 4) is 0 Å². The Hall–Kier alpha value is -2.22. The summed E-state index contributed by atoms with van der Waals surface area (Å²) in [5, 5.41) is 4.27. The molecule has 0 amide bonds. The first-order chi connectivity index (χ1) is 17.1. The van der Waals surface area contributed by atoms with Crippen molar-refractivity contribution in [1.82, 2.24) is 5.32 Å². The van der Waals surface area contributed by atoms with Gasteiger partial charge in [-0.15, -0.1) is 0 Å². The van der Waals surface area contributed by atoms with Gasteiger partial charge in [0, 0.05) is 25.0 Å². The highest BCUT2D eigenvalue weighted by Crippen LogP contribution is 2.36. The number of furan rings is 1. The summed E-state index contributed by atoms with van der Waals surface area (Å²) >= 11 is 0. The van der Waals surface area contributed by atoms with Gasteiger partial charge >= 0.3 is 5.97 Å². The number of carbonyl (C=O) groups excluding carboxylic acids is 2. The van der Waals surface area contributed by atoms with Gasteiger partial charge in [0.2, 0.25) is 5.76 Å². The molecule has 7 heteroatoms. The molecule has 2 heterocycles. The molecule has 2 aliphatic rings. The van der Waals surface area contributed by atoms with E-state index >= 15 is 0 Å². The van der Waals surface area contributed by atoms with Gasteiger partial charge in [0.15, 0.2) is 5.78 Å². The van der Waals surface area contributed by atoms with E-state index in [0.717, 1.165) is 23.9 Å². The number of rotatable bonds is 12. The SMILES string of the molecule is CCOCC(COCC)OC(=O)c1cc2cc(CC(=O)[C@H]3NCC[C@H]3C3CCCCC3)ccc2o1. The molecule has 2 fully saturated rings. The molecule has 35 heavy (non-hydrogen) atoms. The first-order valence-electron chi connectivity index (χ1n) is 13.2. The van der Waals surface area contributed by atoms with Crippen LogP contribution in [0.1, 0.15) is 68.5 Å². The molecule has 0 bridgehead atoms. The van der Waals surface area contributed by atoms with Gasteiger partial charge in [0.25, 0.3) is 0 Å². The fourth-order valence-corrected chi connectivity index (χ4v) is 5.59. The normalized spacial score (nSPS) is 21.1. The Labute approximate surface area is 207 Å². The molecular formula is C28H39NO6. The molecule has 1 aliphatic carbocycles. The van der Waals surface area contributed by atoms with E-state index in [2.05, 4.69) is 5.32 Å². The molecule has 1 saturated heterocycles. The first kappa shape index (κ1) is 25.9. The average molecular weight is 486 g/mol. The molecule has 0 radical (unpaired) electrons. The van der Waals surface area contributed by atoms with E-state index in [1.54, 1.807) is 6.07 Å². The molecule has 2 atom stereocenters. The molecule has 0 spiro atoms. The average Bonchev–Trinajstić information content (AvgIpc) is 3.53. The summed E-state index contributed by atoms with van der Waals surface area (Å²) in [6.07, 6.45) is 7.41. The molecular weight excluding hydrogens is 446 g/mol. The third-order valence-electron chi connectivity index (χ3n) is 7.32. The smallest absolute Gasteiger partial charge is 0.374 e.